The van der Waals surface area contributed by atoms with Gasteiger partial charge >= 0.3 is 0 Å². The maximum atomic E-state index is 12.8. The predicted octanol–water partition coefficient (Wildman–Crippen LogP) is 4.40. The fourth-order valence-electron chi connectivity index (χ4n) is 2.07. The number of aromatic nitrogens is 1. The summed E-state index contributed by atoms with van der Waals surface area (Å²) in [6, 6.07) is 11.5. The number of benzene rings is 2. The fraction of sp³-hybridized carbons (Fsp3) is 0.176. The van der Waals surface area contributed by atoms with Crippen LogP contribution in [0.15, 0.2) is 52.1 Å². The van der Waals surface area contributed by atoms with Crippen molar-refractivity contribution in [3.05, 3.63) is 53.8 Å². The highest BCUT2D eigenvalue weighted by Gasteiger charge is 2.08. The van der Waals surface area contributed by atoms with E-state index in [-0.39, 0.29) is 11.7 Å². The van der Waals surface area contributed by atoms with Crippen LogP contribution in [0.1, 0.15) is 12.0 Å². The molecule has 118 valence electrons. The van der Waals surface area contributed by atoms with E-state index >= 15 is 0 Å². The van der Waals surface area contributed by atoms with Crippen LogP contribution >= 0.6 is 11.8 Å². The molecule has 6 heteroatoms. The second-order valence-corrected chi connectivity index (χ2v) is 6.15. The Balaban J connectivity index is 1.51. The molecule has 0 radical (unpaired) electrons. The average Bonchev–Trinajstić information content (AvgIpc) is 2.91. The highest BCUT2D eigenvalue weighted by molar-refractivity contribution is 7.99. The van der Waals surface area contributed by atoms with Gasteiger partial charge in [-0.2, -0.15) is 0 Å². The smallest absolute Gasteiger partial charge is 0.256 e. The van der Waals surface area contributed by atoms with E-state index < -0.39 is 0 Å². The zero-order valence-corrected chi connectivity index (χ0v) is 13.3. The Labute approximate surface area is 137 Å². The second kappa shape index (κ2) is 6.83. The minimum absolute atomic E-state index is 0.129. The van der Waals surface area contributed by atoms with Crippen LogP contribution in [0.4, 0.5) is 10.1 Å². The number of carbonyl (C=O) groups excluding carboxylic acids is 1. The van der Waals surface area contributed by atoms with Crippen LogP contribution < -0.4 is 5.32 Å². The number of fused-ring (bicyclic) bond motifs is 1. The van der Waals surface area contributed by atoms with E-state index in [0.717, 1.165) is 16.7 Å². The number of oxazole rings is 1. The Kier molecular flexibility index (Phi) is 4.62. The zero-order chi connectivity index (χ0) is 16.2. The lowest BCUT2D eigenvalue weighted by Gasteiger charge is -2.04. The average molecular weight is 330 g/mol. The Morgan fingerprint density at radius 1 is 1.26 bits per heavy atom. The highest BCUT2D eigenvalue weighted by Crippen LogP contribution is 2.24. The molecule has 1 amide bonds. The number of carbonyl (C=O) groups is 1. The number of hydrogen-bond acceptors (Lipinski definition) is 4. The van der Waals surface area contributed by atoms with E-state index in [1.54, 1.807) is 0 Å². The van der Waals surface area contributed by atoms with E-state index in [1.807, 2.05) is 25.1 Å². The van der Waals surface area contributed by atoms with Gasteiger partial charge in [0.05, 0.1) is 0 Å². The summed E-state index contributed by atoms with van der Waals surface area (Å²) < 4.78 is 18.4. The van der Waals surface area contributed by atoms with Crippen molar-refractivity contribution in [1.82, 2.24) is 4.98 Å². The predicted molar refractivity (Wildman–Crippen MR) is 89.1 cm³/mol. The van der Waals surface area contributed by atoms with Crippen molar-refractivity contribution in [3.63, 3.8) is 0 Å². The minimum Gasteiger partial charge on any atom is -0.431 e. The monoisotopic (exact) mass is 330 g/mol. The van der Waals surface area contributed by atoms with E-state index in [0.29, 0.717) is 23.1 Å². The van der Waals surface area contributed by atoms with Gasteiger partial charge in [0.1, 0.15) is 11.3 Å². The number of rotatable bonds is 5. The molecule has 0 aliphatic carbocycles. The first kappa shape index (κ1) is 15.6. The van der Waals surface area contributed by atoms with E-state index in [2.05, 4.69) is 10.3 Å². The number of anilines is 1. The molecule has 0 atom stereocenters. The minimum atomic E-state index is -0.329. The molecule has 1 aromatic heterocycles. The first-order valence-electron chi connectivity index (χ1n) is 7.15. The summed E-state index contributed by atoms with van der Waals surface area (Å²) in [4.78, 5) is 16.2. The molecule has 23 heavy (non-hydrogen) atoms. The van der Waals surface area contributed by atoms with E-state index in [9.17, 15) is 9.18 Å². The van der Waals surface area contributed by atoms with Crippen molar-refractivity contribution in [2.24, 2.45) is 0 Å². The van der Waals surface area contributed by atoms with E-state index in [4.69, 9.17) is 4.42 Å². The van der Waals surface area contributed by atoms with Crippen LogP contribution in [-0.2, 0) is 4.79 Å². The zero-order valence-electron chi connectivity index (χ0n) is 12.5. The normalized spacial score (nSPS) is 10.9. The number of thioether (sulfide) groups is 1. The fourth-order valence-corrected chi connectivity index (χ4v) is 2.84. The number of aryl methyl sites for hydroxylation is 1. The third kappa shape index (κ3) is 4.10. The van der Waals surface area contributed by atoms with Crippen molar-refractivity contribution >= 4 is 34.5 Å². The SMILES string of the molecule is Cc1ccc2oc(SCCC(=O)Nc3ccc(F)cc3)nc2c1. The molecule has 1 heterocycles. The molecule has 0 bridgehead atoms. The molecule has 2 aromatic carbocycles. The molecule has 0 aliphatic rings. The van der Waals surface area contributed by atoms with Gasteiger partial charge in [0, 0.05) is 17.9 Å². The van der Waals surface area contributed by atoms with Crippen molar-refractivity contribution in [2.45, 2.75) is 18.6 Å². The van der Waals surface area contributed by atoms with Crippen LogP contribution in [-0.4, -0.2) is 16.6 Å². The van der Waals surface area contributed by atoms with Gasteiger partial charge in [-0.15, -0.1) is 0 Å². The lowest BCUT2D eigenvalue weighted by molar-refractivity contribution is -0.115. The summed E-state index contributed by atoms with van der Waals surface area (Å²) >= 11 is 1.39. The number of hydrogen-bond donors (Lipinski definition) is 1. The molecular weight excluding hydrogens is 315 g/mol. The summed E-state index contributed by atoms with van der Waals surface area (Å²) in [6.07, 6.45) is 0.319. The molecular formula is C17H15FN2O2S. The van der Waals surface area contributed by atoms with Crippen molar-refractivity contribution < 1.29 is 13.6 Å². The van der Waals surface area contributed by atoms with Crippen molar-refractivity contribution in [2.75, 3.05) is 11.1 Å². The Hall–Kier alpha value is -2.34. The van der Waals surface area contributed by atoms with Gasteiger partial charge in [-0.25, -0.2) is 9.37 Å². The third-order valence-corrected chi connectivity index (χ3v) is 4.04. The molecule has 1 N–H and O–H groups in total. The molecule has 3 rings (SSSR count). The van der Waals surface area contributed by atoms with Gasteiger partial charge in [-0.3, -0.25) is 4.79 Å². The maximum absolute atomic E-state index is 12.8. The molecule has 0 unspecified atom stereocenters. The summed E-state index contributed by atoms with van der Waals surface area (Å²) in [5, 5.41) is 3.28. The lowest BCUT2D eigenvalue weighted by Crippen LogP contribution is -2.12. The molecule has 0 spiro atoms. The van der Waals surface area contributed by atoms with Crippen LogP contribution in [0.3, 0.4) is 0 Å². The first-order valence-corrected chi connectivity index (χ1v) is 8.14. The van der Waals surface area contributed by atoms with Gasteiger partial charge in [0.2, 0.25) is 5.91 Å². The summed E-state index contributed by atoms with van der Waals surface area (Å²) in [7, 11) is 0. The van der Waals surface area contributed by atoms with Crippen molar-refractivity contribution in [3.8, 4) is 0 Å². The Morgan fingerprint density at radius 3 is 2.83 bits per heavy atom. The Bertz CT molecular complexity index is 830. The molecule has 0 saturated heterocycles. The second-order valence-electron chi connectivity index (χ2n) is 5.10. The van der Waals surface area contributed by atoms with Gasteiger partial charge in [-0.1, -0.05) is 17.8 Å². The summed E-state index contributed by atoms with van der Waals surface area (Å²) in [5.41, 5.74) is 3.27. The van der Waals surface area contributed by atoms with Crippen LogP contribution in [0.25, 0.3) is 11.1 Å². The summed E-state index contributed by atoms with van der Waals surface area (Å²) in [6.45, 7) is 2.00. The highest BCUT2D eigenvalue weighted by atomic mass is 32.2. The molecule has 0 fully saturated rings. The third-order valence-electron chi connectivity index (χ3n) is 3.21. The Morgan fingerprint density at radius 2 is 2.04 bits per heavy atom. The van der Waals surface area contributed by atoms with Gasteiger partial charge in [0.25, 0.3) is 5.22 Å². The molecule has 0 aliphatic heterocycles. The number of amides is 1. The molecule has 3 aromatic rings. The van der Waals surface area contributed by atoms with Crippen LogP contribution in [0.2, 0.25) is 0 Å². The quantitative estimate of drug-likeness (QED) is 0.705. The lowest BCUT2D eigenvalue weighted by atomic mass is 10.2. The van der Waals surface area contributed by atoms with Crippen LogP contribution in [0, 0.1) is 12.7 Å². The largest absolute Gasteiger partial charge is 0.431 e. The van der Waals surface area contributed by atoms with E-state index in [1.165, 1.54) is 36.0 Å². The topological polar surface area (TPSA) is 55.1 Å². The van der Waals surface area contributed by atoms with Crippen molar-refractivity contribution in [1.29, 1.82) is 0 Å². The molecule has 0 saturated carbocycles. The number of halogens is 1. The molecule has 4 nitrogen and oxygen atoms in total. The van der Waals surface area contributed by atoms with Gasteiger partial charge in [-0.05, 0) is 48.9 Å². The van der Waals surface area contributed by atoms with Crippen LogP contribution in [0.5, 0.6) is 0 Å². The summed E-state index contributed by atoms with van der Waals surface area (Å²) in [5.74, 6) is 0.0968. The van der Waals surface area contributed by atoms with Gasteiger partial charge < -0.3 is 9.73 Å². The number of nitrogens with one attached hydrogen (secondary N) is 1. The maximum Gasteiger partial charge on any atom is 0.256 e. The standard InChI is InChI=1S/C17H15FN2O2S/c1-11-2-7-15-14(10-11)20-17(22-15)23-9-8-16(21)19-13-5-3-12(18)4-6-13/h2-7,10H,8-9H2,1H3,(H,19,21). The van der Waals surface area contributed by atoms with Gasteiger partial charge in [0.15, 0.2) is 5.58 Å². The number of nitrogens with zero attached hydrogens (tertiary/aromatic N) is 1. The first-order chi connectivity index (χ1) is 11.1.